The van der Waals surface area contributed by atoms with Crippen LogP contribution in [-0.4, -0.2) is 24.7 Å². The first kappa shape index (κ1) is 16.6. The quantitative estimate of drug-likeness (QED) is 0.208. The van der Waals surface area contributed by atoms with E-state index in [1.807, 2.05) is 0 Å². The van der Waals surface area contributed by atoms with E-state index in [1.54, 1.807) is 17.1 Å². The first-order valence-electron chi connectivity index (χ1n) is 3.48. The van der Waals surface area contributed by atoms with Crippen LogP contribution >= 0.6 is 8.25 Å². The van der Waals surface area contributed by atoms with E-state index >= 15 is 0 Å². The predicted molar refractivity (Wildman–Crippen MR) is 46.9 cm³/mol. The molecule has 0 rings (SSSR count). The van der Waals surface area contributed by atoms with Crippen molar-refractivity contribution in [3.8, 4) is 0 Å². The van der Waals surface area contributed by atoms with Crippen LogP contribution in [0.1, 0.15) is 0 Å². The van der Waals surface area contributed by atoms with E-state index in [-0.39, 0.29) is 58.1 Å². The molecular weight excluding hydrogens is 216 g/mol. The average Bonchev–Trinajstić information content (AvgIpc) is 2.01. The molecule has 70 valence electrons. The van der Waals surface area contributed by atoms with Gasteiger partial charge in [0.15, 0.2) is 0 Å². The van der Waals surface area contributed by atoms with Gasteiger partial charge in [-0.3, -0.25) is 4.90 Å². The van der Waals surface area contributed by atoms with Crippen LogP contribution in [0, 0.1) is 0 Å². The molecule has 0 aliphatic heterocycles. The van der Waals surface area contributed by atoms with Gasteiger partial charge in [0.25, 0.3) is 0 Å². The summed E-state index contributed by atoms with van der Waals surface area (Å²) in [5.41, 5.74) is 0. The minimum Gasteiger partial charge on any atom is -0.781 e. The van der Waals surface area contributed by atoms with Crippen LogP contribution in [-0.2, 0) is 9.09 Å². The maximum absolute atomic E-state index is 10.1. The molecule has 0 aliphatic carbocycles. The number of hydrogen-bond acceptors (Lipinski definition) is 4. The summed E-state index contributed by atoms with van der Waals surface area (Å²) in [6.07, 6.45) is 3.35. The Morgan fingerprint density at radius 2 is 1.85 bits per heavy atom. The zero-order valence-corrected chi connectivity index (χ0v) is 12.0. The molecule has 0 spiro atoms. The molecule has 4 nitrogen and oxygen atoms in total. The molecule has 0 amide bonds. The maximum atomic E-state index is 10.1. The van der Waals surface area contributed by atoms with Crippen LogP contribution in [0.5, 0.6) is 0 Å². The molecule has 0 bridgehead atoms. The van der Waals surface area contributed by atoms with Gasteiger partial charge >= 0.3 is 51.4 Å². The third-order valence-electron chi connectivity index (χ3n) is 1.14. The summed E-state index contributed by atoms with van der Waals surface area (Å²) in [6.45, 7) is 8.30. The van der Waals surface area contributed by atoms with Gasteiger partial charge in [-0.2, -0.15) is 0 Å². The molecule has 1 unspecified atom stereocenters. The van der Waals surface area contributed by atoms with E-state index in [2.05, 4.69) is 17.7 Å². The van der Waals surface area contributed by atoms with E-state index in [1.165, 1.54) is 0 Å². The summed E-state index contributed by atoms with van der Waals surface area (Å²) in [4.78, 5) is 11.8. The number of nitrogens with zero attached hydrogens (tertiary/aromatic N) is 1. The van der Waals surface area contributed by atoms with Gasteiger partial charge in [0.2, 0.25) is 0 Å². The second kappa shape index (κ2) is 11.3. The molecule has 6 heteroatoms. The SMILES string of the molecule is C=CCN(CC=C)CO[PH](=O)[O-].[K+]. The fourth-order valence-corrected chi connectivity index (χ4v) is 0.977. The summed E-state index contributed by atoms with van der Waals surface area (Å²) < 4.78 is 14.5. The second-order valence-electron chi connectivity index (χ2n) is 2.14. The van der Waals surface area contributed by atoms with Gasteiger partial charge in [0.05, 0.1) is 0 Å². The summed E-state index contributed by atoms with van der Waals surface area (Å²) in [6, 6.07) is 0. The van der Waals surface area contributed by atoms with Crippen molar-refractivity contribution in [2.24, 2.45) is 0 Å². The number of rotatable bonds is 7. The van der Waals surface area contributed by atoms with Crippen molar-refractivity contribution in [1.82, 2.24) is 4.90 Å². The molecule has 0 aromatic heterocycles. The largest absolute Gasteiger partial charge is 1.00 e. The maximum Gasteiger partial charge on any atom is 1.00 e. The molecule has 0 saturated heterocycles. The summed E-state index contributed by atoms with van der Waals surface area (Å²) >= 11 is 0. The minimum atomic E-state index is -3.08. The van der Waals surface area contributed by atoms with E-state index in [0.717, 1.165) is 0 Å². The standard InChI is InChI=1S/C7H14NO3P.K/c1-3-5-8(6-4-2)7-11-12(9)10;/h3-4,12H,1-2,5-7H2,(H,9,10);/q;+1/p-1. The molecule has 1 atom stereocenters. The van der Waals surface area contributed by atoms with Crippen LogP contribution in [0.25, 0.3) is 0 Å². The Morgan fingerprint density at radius 3 is 2.15 bits per heavy atom. The van der Waals surface area contributed by atoms with Gasteiger partial charge in [-0.05, 0) is 0 Å². The van der Waals surface area contributed by atoms with Gasteiger partial charge < -0.3 is 14.0 Å². The molecule has 0 aliphatic rings. The van der Waals surface area contributed by atoms with Crippen molar-refractivity contribution < 1.29 is 65.4 Å². The van der Waals surface area contributed by atoms with Gasteiger partial charge in [-0.25, -0.2) is 0 Å². The van der Waals surface area contributed by atoms with E-state index in [4.69, 9.17) is 0 Å². The predicted octanol–water partition coefficient (Wildman–Crippen LogP) is -2.61. The zero-order valence-electron chi connectivity index (χ0n) is 7.86. The van der Waals surface area contributed by atoms with Crippen molar-refractivity contribution in [1.29, 1.82) is 0 Å². The van der Waals surface area contributed by atoms with Crippen LogP contribution in [0.2, 0.25) is 0 Å². The van der Waals surface area contributed by atoms with Gasteiger partial charge in [0, 0.05) is 13.1 Å². The molecule has 13 heavy (non-hydrogen) atoms. The van der Waals surface area contributed by atoms with Crippen LogP contribution in [0.15, 0.2) is 25.3 Å². The van der Waals surface area contributed by atoms with Crippen molar-refractivity contribution in [3.63, 3.8) is 0 Å². The zero-order chi connectivity index (χ0) is 9.40. The molecule has 0 radical (unpaired) electrons. The molecule has 0 fully saturated rings. The normalized spacial score (nSPS) is 11.8. The molecule has 0 N–H and O–H groups in total. The Morgan fingerprint density at radius 1 is 1.38 bits per heavy atom. The van der Waals surface area contributed by atoms with Crippen molar-refractivity contribution in [2.75, 3.05) is 19.8 Å². The molecule has 0 saturated carbocycles. The molecule has 0 heterocycles. The monoisotopic (exact) mass is 229 g/mol. The summed E-state index contributed by atoms with van der Waals surface area (Å²) in [5, 5.41) is 0. The fourth-order valence-electron chi connectivity index (χ4n) is 0.689. The van der Waals surface area contributed by atoms with Crippen molar-refractivity contribution in [2.45, 2.75) is 0 Å². The van der Waals surface area contributed by atoms with Crippen LogP contribution < -0.4 is 56.3 Å². The average molecular weight is 229 g/mol. The Labute approximate surface area is 122 Å². The Balaban J connectivity index is 0. The van der Waals surface area contributed by atoms with Crippen molar-refractivity contribution in [3.05, 3.63) is 25.3 Å². The third kappa shape index (κ3) is 11.2. The van der Waals surface area contributed by atoms with E-state index < -0.39 is 8.25 Å². The Hall–Kier alpha value is 1.23. The number of hydrogen-bond donors (Lipinski definition) is 0. The van der Waals surface area contributed by atoms with Crippen molar-refractivity contribution >= 4 is 8.25 Å². The molecule has 0 aromatic rings. The van der Waals surface area contributed by atoms with Gasteiger partial charge in [0.1, 0.15) is 15.0 Å². The first-order valence-corrected chi connectivity index (χ1v) is 4.71. The summed E-state index contributed by atoms with van der Waals surface area (Å²) in [5.74, 6) is 0. The van der Waals surface area contributed by atoms with E-state index in [0.29, 0.717) is 13.1 Å². The summed E-state index contributed by atoms with van der Waals surface area (Å²) in [7, 11) is -3.08. The van der Waals surface area contributed by atoms with Gasteiger partial charge in [-0.1, -0.05) is 12.2 Å². The first-order chi connectivity index (χ1) is 5.70. The fraction of sp³-hybridized carbons (Fsp3) is 0.429. The topological polar surface area (TPSA) is 52.6 Å². The molecule has 0 aromatic carbocycles. The minimum absolute atomic E-state index is 0. The van der Waals surface area contributed by atoms with Crippen LogP contribution in [0.4, 0.5) is 0 Å². The smallest absolute Gasteiger partial charge is 0.781 e. The van der Waals surface area contributed by atoms with E-state index in [9.17, 15) is 9.46 Å². The Kier molecular flexibility index (Phi) is 14.5. The van der Waals surface area contributed by atoms with Gasteiger partial charge in [-0.15, -0.1) is 13.2 Å². The molecular formula is C7H13KNO3P. The van der Waals surface area contributed by atoms with Crippen LogP contribution in [0.3, 0.4) is 0 Å². The third-order valence-corrected chi connectivity index (χ3v) is 1.50. The second-order valence-corrected chi connectivity index (χ2v) is 2.93. The Bertz CT molecular complexity index is 167.